The van der Waals surface area contributed by atoms with E-state index in [1.54, 1.807) is 6.07 Å². The zero-order valence-electron chi connectivity index (χ0n) is 27.4. The van der Waals surface area contributed by atoms with Gasteiger partial charge >= 0.3 is 8.09 Å². The van der Waals surface area contributed by atoms with Gasteiger partial charge in [0.25, 0.3) is 5.91 Å². The minimum Gasteiger partial charge on any atom is -0.508 e. The summed E-state index contributed by atoms with van der Waals surface area (Å²) in [5, 5.41) is 44.8. The Balaban J connectivity index is 1.55. The second kappa shape index (κ2) is 14.1. The molecule has 5 rings (SSSR count). The summed E-state index contributed by atoms with van der Waals surface area (Å²) in [4.78, 5) is 49.9. The number of primary amides is 1. The van der Waals surface area contributed by atoms with Crippen molar-refractivity contribution in [3.05, 3.63) is 70.0 Å². The predicted molar refractivity (Wildman–Crippen MR) is 179 cm³/mol. The van der Waals surface area contributed by atoms with Gasteiger partial charge in [0.05, 0.1) is 25.3 Å². The Kier molecular flexibility index (Phi) is 10.5. The quantitative estimate of drug-likeness (QED) is 0.0960. The summed E-state index contributed by atoms with van der Waals surface area (Å²) in [6.07, 6.45) is 2.67. The third-order valence-electron chi connectivity index (χ3n) is 9.52. The molecular formula is C35H44N2O10P+. The molecule has 1 fully saturated rings. The summed E-state index contributed by atoms with van der Waals surface area (Å²) in [5.41, 5.74) is 4.57. The molecule has 7 N–H and O–H groups in total. The van der Waals surface area contributed by atoms with Crippen LogP contribution in [-0.4, -0.2) is 72.8 Å². The van der Waals surface area contributed by atoms with Crippen LogP contribution in [0.1, 0.15) is 69.6 Å². The number of rotatable bonds is 13. The lowest BCUT2D eigenvalue weighted by Gasteiger charge is -2.46. The van der Waals surface area contributed by atoms with Crippen molar-refractivity contribution in [2.75, 3.05) is 19.8 Å². The van der Waals surface area contributed by atoms with E-state index in [4.69, 9.17) is 14.8 Å². The van der Waals surface area contributed by atoms with Crippen molar-refractivity contribution >= 4 is 31.3 Å². The molecule has 13 heteroatoms. The second-order valence-corrected chi connectivity index (χ2v) is 14.6. The Hall–Kier alpha value is -3.64. The fourth-order valence-corrected chi connectivity index (χ4v) is 9.13. The van der Waals surface area contributed by atoms with E-state index in [9.17, 15) is 39.7 Å². The molecule has 12 nitrogen and oxygen atoms in total. The highest BCUT2D eigenvalue weighted by atomic mass is 31.2. The molecular weight excluding hydrogens is 639 g/mol. The van der Waals surface area contributed by atoms with Crippen molar-refractivity contribution in [2.24, 2.45) is 17.6 Å². The first-order valence-corrected chi connectivity index (χ1v) is 17.9. The number of aromatic hydroxyl groups is 1. The van der Waals surface area contributed by atoms with E-state index in [1.807, 2.05) is 42.8 Å². The van der Waals surface area contributed by atoms with Crippen molar-refractivity contribution in [3.8, 4) is 16.9 Å². The maximum absolute atomic E-state index is 13.9. The number of aliphatic hydroxyl groups is 3. The first-order valence-electron chi connectivity index (χ1n) is 16.4. The molecule has 1 amide bonds. The summed E-state index contributed by atoms with van der Waals surface area (Å²) < 4.78 is 13.4. The van der Waals surface area contributed by atoms with Crippen LogP contribution in [-0.2, 0) is 36.4 Å². The fraction of sp³-hybridized carbons (Fsp3) is 0.457. The maximum Gasteiger partial charge on any atom is 0.502 e. The van der Waals surface area contributed by atoms with E-state index >= 15 is 0 Å². The Morgan fingerprint density at radius 2 is 1.75 bits per heavy atom. The number of aliphatic hydroxyl groups excluding tert-OH is 2. The molecule has 0 aromatic heterocycles. The van der Waals surface area contributed by atoms with Crippen molar-refractivity contribution in [3.63, 3.8) is 0 Å². The smallest absolute Gasteiger partial charge is 0.502 e. The molecule has 3 atom stereocenters. The lowest BCUT2D eigenvalue weighted by molar-refractivity contribution is -0.147. The number of fused-ring (bicyclic) bond motifs is 3. The highest BCUT2D eigenvalue weighted by molar-refractivity contribution is 7.58. The first-order chi connectivity index (χ1) is 22.8. The fourth-order valence-electron chi connectivity index (χ4n) is 7.32. The molecule has 0 radical (unpaired) electrons. The molecule has 0 saturated heterocycles. The standard InChI is InChI=1S/C35H43N2O10P/c1-4-7-8-14-37(48(45,46-5-2)47-6-3)19-20-10-9-11-21(15-20)24-12-13-26(38)29-25(24)17-22-16-23-18-27(39)30(34(36)43)33(42)35(23,44)32(41)28(22)31(29)40/h9-13,15,22-23,44-45H,4-8,14,16-19H2,1-3H3,(H4-,36,38,39,40,41,42,43)/p+1/t22-,23+,35+/m1/s1. The number of hydrogen-bond donors (Lipinski definition) is 6. The van der Waals surface area contributed by atoms with Crippen LogP contribution in [0.4, 0.5) is 0 Å². The lowest BCUT2D eigenvalue weighted by atomic mass is 9.59. The SMILES string of the molecule is CCCCCN(Cc1cccc(-c2ccc(O)c3c2C[C@H]2C[C@H]4CC(=O)C(C(N)=O)=C(O)[C@@]4(O)C(=O)C2=C3O)c1)[P+](O)(OCC)OCC. The molecule has 0 spiro atoms. The average molecular weight is 684 g/mol. The van der Waals surface area contributed by atoms with Gasteiger partial charge in [0.1, 0.15) is 22.8 Å². The van der Waals surface area contributed by atoms with Crippen LogP contribution in [0.25, 0.3) is 16.9 Å². The number of Topliss-reactive ketones (excluding diaryl/α,β-unsaturated/α-hetero) is 2. The van der Waals surface area contributed by atoms with Gasteiger partial charge in [0.15, 0.2) is 11.4 Å². The third-order valence-corrected chi connectivity index (χ3v) is 11.8. The number of nitrogens with zero attached hydrogens (tertiary/aromatic N) is 1. The monoisotopic (exact) mass is 683 g/mol. The average Bonchev–Trinajstić information content (AvgIpc) is 3.02. The van der Waals surface area contributed by atoms with E-state index in [1.165, 1.54) is 6.07 Å². The third kappa shape index (κ3) is 6.17. The maximum atomic E-state index is 13.9. The largest absolute Gasteiger partial charge is 0.508 e. The molecule has 48 heavy (non-hydrogen) atoms. The number of ketones is 2. The van der Waals surface area contributed by atoms with Crippen molar-refractivity contribution in [1.82, 2.24) is 4.67 Å². The predicted octanol–water partition coefficient (Wildman–Crippen LogP) is 4.83. The number of hydrogen-bond acceptors (Lipinski definition) is 11. The highest BCUT2D eigenvalue weighted by Gasteiger charge is 2.60. The molecule has 0 heterocycles. The van der Waals surface area contributed by atoms with E-state index in [-0.39, 0.29) is 49.4 Å². The number of unbranched alkanes of at least 4 members (excludes halogenated alkanes) is 2. The van der Waals surface area contributed by atoms with Crippen LogP contribution in [0.3, 0.4) is 0 Å². The summed E-state index contributed by atoms with van der Waals surface area (Å²) >= 11 is 0. The number of carbonyl (C=O) groups excluding carboxylic acids is 3. The Morgan fingerprint density at radius 1 is 1.04 bits per heavy atom. The van der Waals surface area contributed by atoms with Gasteiger partial charge in [0, 0.05) is 24.5 Å². The summed E-state index contributed by atoms with van der Waals surface area (Å²) in [5.74, 6) is -6.69. The van der Waals surface area contributed by atoms with Crippen LogP contribution in [0.2, 0.25) is 0 Å². The number of carbonyl (C=O) groups is 3. The normalized spacial score (nSPS) is 22.5. The Morgan fingerprint density at radius 3 is 2.40 bits per heavy atom. The van der Waals surface area contributed by atoms with Gasteiger partial charge in [-0.3, -0.25) is 14.4 Å². The molecule has 3 aliphatic rings. The Labute approximate surface area is 280 Å². The molecule has 3 aliphatic carbocycles. The summed E-state index contributed by atoms with van der Waals surface area (Å²) in [7, 11) is -3.33. The van der Waals surface area contributed by atoms with Crippen molar-refractivity contribution in [1.29, 1.82) is 0 Å². The summed E-state index contributed by atoms with van der Waals surface area (Å²) in [6, 6.07) is 10.8. The topological polar surface area (TPSA) is 200 Å². The molecule has 2 aromatic carbocycles. The number of phenolic OH excluding ortho intramolecular Hbond substituents is 1. The first kappa shape index (κ1) is 35.7. The highest BCUT2D eigenvalue weighted by Crippen LogP contribution is 2.61. The van der Waals surface area contributed by atoms with E-state index in [0.29, 0.717) is 24.2 Å². The molecule has 0 bridgehead atoms. The van der Waals surface area contributed by atoms with E-state index in [0.717, 1.165) is 30.4 Å². The minimum absolute atomic E-state index is 0.0271. The van der Waals surface area contributed by atoms with E-state index < -0.39 is 60.1 Å². The number of phenols is 1. The van der Waals surface area contributed by atoms with E-state index in [2.05, 4.69) is 6.92 Å². The van der Waals surface area contributed by atoms with Crippen LogP contribution < -0.4 is 5.73 Å². The lowest BCUT2D eigenvalue weighted by Crippen LogP contribution is -2.58. The summed E-state index contributed by atoms with van der Waals surface area (Å²) in [6.45, 7) is 7.19. The van der Waals surface area contributed by atoms with Gasteiger partial charge in [-0.15, -0.1) is 0 Å². The number of benzene rings is 2. The van der Waals surface area contributed by atoms with Gasteiger partial charge in [-0.2, -0.15) is 13.9 Å². The van der Waals surface area contributed by atoms with Gasteiger partial charge in [-0.25, -0.2) is 0 Å². The molecule has 2 aromatic rings. The molecule has 1 saturated carbocycles. The molecule has 0 aliphatic heterocycles. The van der Waals surface area contributed by atoms with Crippen LogP contribution in [0.15, 0.2) is 53.3 Å². The van der Waals surface area contributed by atoms with Gasteiger partial charge < -0.3 is 26.2 Å². The Bertz CT molecular complexity index is 1680. The van der Waals surface area contributed by atoms with Gasteiger partial charge in [0.2, 0.25) is 5.78 Å². The number of nitrogens with two attached hydrogens (primary N) is 1. The molecule has 0 unspecified atom stereocenters. The minimum atomic E-state index is -3.33. The van der Waals surface area contributed by atoms with Crippen LogP contribution in [0, 0.1) is 11.8 Å². The van der Waals surface area contributed by atoms with Crippen LogP contribution >= 0.6 is 8.09 Å². The van der Waals surface area contributed by atoms with Crippen molar-refractivity contribution in [2.45, 2.75) is 71.4 Å². The number of amides is 1. The zero-order valence-corrected chi connectivity index (χ0v) is 28.3. The van der Waals surface area contributed by atoms with Gasteiger partial charge in [-0.05, 0) is 73.4 Å². The van der Waals surface area contributed by atoms with Gasteiger partial charge in [-0.1, -0.05) is 48.7 Å². The second-order valence-electron chi connectivity index (χ2n) is 12.5. The van der Waals surface area contributed by atoms with Crippen LogP contribution in [0.5, 0.6) is 5.75 Å². The van der Waals surface area contributed by atoms with Crippen molar-refractivity contribution < 1.29 is 48.8 Å². The molecule has 258 valence electrons. The zero-order chi connectivity index (χ0) is 35.0.